The standard InChI is InChI=1S/C16H13N3OS2/c20-16(12-3-4-13-14(10-12)18-22-17-13)19-7-5-11(6-8-19)15-2-1-9-21-15/h1-5,9-10H,6-8H2. The van der Waals surface area contributed by atoms with E-state index in [4.69, 9.17) is 0 Å². The molecule has 0 aliphatic carbocycles. The third-order valence-corrected chi connectivity index (χ3v) is 5.34. The molecule has 4 nitrogen and oxygen atoms in total. The Morgan fingerprint density at radius 1 is 1.18 bits per heavy atom. The lowest BCUT2D eigenvalue weighted by atomic mass is 10.1. The molecule has 3 heterocycles. The molecule has 110 valence electrons. The number of thiophene rings is 1. The van der Waals surface area contributed by atoms with Crippen LogP contribution in [0.1, 0.15) is 21.7 Å². The molecule has 1 amide bonds. The molecule has 0 N–H and O–H groups in total. The number of hydrogen-bond donors (Lipinski definition) is 0. The lowest BCUT2D eigenvalue weighted by molar-refractivity contribution is 0.0773. The molecule has 0 saturated carbocycles. The van der Waals surface area contributed by atoms with Gasteiger partial charge in [0.2, 0.25) is 0 Å². The number of aromatic nitrogens is 2. The Morgan fingerprint density at radius 2 is 2.09 bits per heavy atom. The molecule has 6 heteroatoms. The highest BCUT2D eigenvalue weighted by atomic mass is 32.1. The van der Waals surface area contributed by atoms with Gasteiger partial charge in [0.1, 0.15) is 11.0 Å². The van der Waals surface area contributed by atoms with Crippen LogP contribution in [-0.2, 0) is 0 Å². The van der Waals surface area contributed by atoms with Gasteiger partial charge in [-0.15, -0.1) is 11.3 Å². The number of fused-ring (bicyclic) bond motifs is 1. The minimum Gasteiger partial charge on any atom is -0.335 e. The fourth-order valence-corrected chi connectivity index (χ4v) is 3.95. The second kappa shape index (κ2) is 5.62. The second-order valence-corrected chi connectivity index (χ2v) is 6.65. The predicted molar refractivity (Wildman–Crippen MR) is 90.2 cm³/mol. The number of amides is 1. The molecule has 3 aromatic rings. The smallest absolute Gasteiger partial charge is 0.254 e. The Balaban J connectivity index is 1.54. The quantitative estimate of drug-likeness (QED) is 0.721. The maximum atomic E-state index is 12.6. The van der Waals surface area contributed by atoms with Crippen molar-refractivity contribution in [2.75, 3.05) is 13.1 Å². The van der Waals surface area contributed by atoms with Gasteiger partial charge in [-0.25, -0.2) is 0 Å². The number of nitrogens with zero attached hydrogens (tertiary/aromatic N) is 3. The van der Waals surface area contributed by atoms with E-state index in [0.29, 0.717) is 12.1 Å². The average Bonchev–Trinajstić information content (AvgIpc) is 3.25. The van der Waals surface area contributed by atoms with E-state index in [9.17, 15) is 4.79 Å². The first-order valence-corrected chi connectivity index (χ1v) is 8.67. The summed E-state index contributed by atoms with van der Waals surface area (Å²) in [5.41, 5.74) is 3.68. The number of rotatable bonds is 2. The van der Waals surface area contributed by atoms with E-state index in [0.717, 1.165) is 24.0 Å². The Morgan fingerprint density at radius 3 is 2.86 bits per heavy atom. The van der Waals surface area contributed by atoms with Crippen LogP contribution in [0.3, 0.4) is 0 Å². The van der Waals surface area contributed by atoms with Crippen molar-refractivity contribution in [3.05, 3.63) is 52.2 Å². The maximum Gasteiger partial charge on any atom is 0.254 e. The third kappa shape index (κ3) is 2.44. The van der Waals surface area contributed by atoms with Crippen LogP contribution in [-0.4, -0.2) is 32.6 Å². The highest BCUT2D eigenvalue weighted by Crippen LogP contribution is 2.26. The van der Waals surface area contributed by atoms with Gasteiger partial charge in [0.15, 0.2) is 0 Å². The van der Waals surface area contributed by atoms with Crippen molar-refractivity contribution in [2.24, 2.45) is 0 Å². The second-order valence-electron chi connectivity index (χ2n) is 5.18. The normalized spacial score (nSPS) is 15.1. The molecule has 0 fully saturated rings. The molecule has 1 aromatic carbocycles. The first kappa shape index (κ1) is 13.6. The fraction of sp³-hybridized carbons (Fsp3) is 0.188. The summed E-state index contributed by atoms with van der Waals surface area (Å²) < 4.78 is 8.37. The van der Waals surface area contributed by atoms with E-state index in [1.165, 1.54) is 22.2 Å². The number of benzene rings is 1. The number of hydrogen-bond acceptors (Lipinski definition) is 5. The summed E-state index contributed by atoms with van der Waals surface area (Å²) in [6.45, 7) is 1.43. The van der Waals surface area contributed by atoms with Crippen molar-refractivity contribution in [3.63, 3.8) is 0 Å². The zero-order valence-electron chi connectivity index (χ0n) is 11.7. The summed E-state index contributed by atoms with van der Waals surface area (Å²) in [4.78, 5) is 15.8. The summed E-state index contributed by atoms with van der Waals surface area (Å²) in [7, 11) is 0. The van der Waals surface area contributed by atoms with Crippen molar-refractivity contribution in [1.29, 1.82) is 0 Å². The van der Waals surface area contributed by atoms with Crippen molar-refractivity contribution < 1.29 is 4.79 Å². The van der Waals surface area contributed by atoms with Crippen molar-refractivity contribution in [1.82, 2.24) is 13.6 Å². The lowest BCUT2D eigenvalue weighted by Gasteiger charge is -2.26. The summed E-state index contributed by atoms with van der Waals surface area (Å²) in [6, 6.07) is 9.74. The average molecular weight is 327 g/mol. The minimum absolute atomic E-state index is 0.0661. The molecular formula is C16H13N3OS2. The molecule has 2 aromatic heterocycles. The van der Waals surface area contributed by atoms with Gasteiger partial charge in [-0.1, -0.05) is 12.1 Å². The zero-order valence-corrected chi connectivity index (χ0v) is 13.4. The molecule has 0 unspecified atom stereocenters. The zero-order chi connectivity index (χ0) is 14.9. The van der Waals surface area contributed by atoms with Crippen LogP contribution in [0, 0.1) is 0 Å². The molecule has 1 aliphatic heterocycles. The Labute approximate surface area is 136 Å². The van der Waals surface area contributed by atoms with Gasteiger partial charge in [0.25, 0.3) is 5.91 Å². The van der Waals surface area contributed by atoms with Gasteiger partial charge in [-0.05, 0) is 41.6 Å². The topological polar surface area (TPSA) is 46.1 Å². The summed E-state index contributed by atoms with van der Waals surface area (Å²) in [5.74, 6) is 0.0661. The van der Waals surface area contributed by atoms with Gasteiger partial charge in [-0.2, -0.15) is 8.75 Å². The summed E-state index contributed by atoms with van der Waals surface area (Å²) in [6.07, 6.45) is 3.07. The monoisotopic (exact) mass is 327 g/mol. The van der Waals surface area contributed by atoms with Crippen LogP contribution in [0.4, 0.5) is 0 Å². The van der Waals surface area contributed by atoms with E-state index in [2.05, 4.69) is 32.3 Å². The summed E-state index contributed by atoms with van der Waals surface area (Å²) in [5, 5.41) is 2.09. The largest absolute Gasteiger partial charge is 0.335 e. The van der Waals surface area contributed by atoms with E-state index < -0.39 is 0 Å². The Bertz CT molecular complexity index is 851. The molecular weight excluding hydrogens is 314 g/mol. The predicted octanol–water partition coefficient (Wildman–Crippen LogP) is 3.68. The Hall–Kier alpha value is -2.05. The van der Waals surface area contributed by atoms with Gasteiger partial charge >= 0.3 is 0 Å². The van der Waals surface area contributed by atoms with Crippen LogP contribution < -0.4 is 0 Å². The fourth-order valence-electron chi connectivity index (χ4n) is 2.64. The molecule has 1 aliphatic rings. The van der Waals surface area contributed by atoms with E-state index >= 15 is 0 Å². The van der Waals surface area contributed by atoms with Crippen LogP contribution in [0.5, 0.6) is 0 Å². The summed E-state index contributed by atoms with van der Waals surface area (Å²) >= 11 is 2.93. The molecule has 0 radical (unpaired) electrons. The van der Waals surface area contributed by atoms with Crippen LogP contribution >= 0.6 is 23.1 Å². The van der Waals surface area contributed by atoms with Gasteiger partial charge < -0.3 is 4.90 Å². The third-order valence-electron chi connectivity index (χ3n) is 3.83. The van der Waals surface area contributed by atoms with Crippen molar-refractivity contribution >= 4 is 45.6 Å². The van der Waals surface area contributed by atoms with E-state index in [-0.39, 0.29) is 5.91 Å². The lowest BCUT2D eigenvalue weighted by Crippen LogP contribution is -2.34. The molecule has 0 saturated heterocycles. The highest BCUT2D eigenvalue weighted by molar-refractivity contribution is 7.11. The van der Waals surface area contributed by atoms with Crippen LogP contribution in [0.15, 0.2) is 41.8 Å². The minimum atomic E-state index is 0.0661. The molecule has 22 heavy (non-hydrogen) atoms. The number of carbonyl (C=O) groups excluding carboxylic acids is 1. The van der Waals surface area contributed by atoms with E-state index in [1.54, 1.807) is 11.3 Å². The molecule has 0 spiro atoms. The van der Waals surface area contributed by atoms with Crippen molar-refractivity contribution in [2.45, 2.75) is 6.42 Å². The molecule has 4 rings (SSSR count). The molecule has 0 atom stereocenters. The Kier molecular flexibility index (Phi) is 3.48. The van der Waals surface area contributed by atoms with Crippen LogP contribution in [0.25, 0.3) is 16.6 Å². The van der Waals surface area contributed by atoms with Gasteiger partial charge in [0.05, 0.1) is 11.7 Å². The van der Waals surface area contributed by atoms with E-state index in [1.807, 2.05) is 23.1 Å². The number of carbonyl (C=O) groups is 1. The van der Waals surface area contributed by atoms with Gasteiger partial charge in [0, 0.05) is 23.5 Å². The first-order chi connectivity index (χ1) is 10.8. The SMILES string of the molecule is O=C(c1ccc2nsnc2c1)N1CC=C(c2cccs2)CC1. The van der Waals surface area contributed by atoms with Crippen molar-refractivity contribution in [3.8, 4) is 0 Å². The molecule has 0 bridgehead atoms. The van der Waals surface area contributed by atoms with Crippen LogP contribution in [0.2, 0.25) is 0 Å². The first-order valence-electron chi connectivity index (χ1n) is 7.06. The highest BCUT2D eigenvalue weighted by Gasteiger charge is 2.20. The maximum absolute atomic E-state index is 12.6. The van der Waals surface area contributed by atoms with Gasteiger partial charge in [-0.3, -0.25) is 4.79 Å².